The number of carbonyl (C=O) groups excluding carboxylic acids is 2. The maximum absolute atomic E-state index is 12.9. The second-order valence-electron chi connectivity index (χ2n) is 7.81. The third-order valence-corrected chi connectivity index (χ3v) is 5.84. The Morgan fingerprint density at radius 1 is 1.00 bits per heavy atom. The number of methoxy groups -OCH3 is 1. The van der Waals surface area contributed by atoms with Crippen LogP contribution >= 0.6 is 0 Å². The lowest BCUT2D eigenvalue weighted by atomic mass is 9.80. The van der Waals surface area contributed by atoms with E-state index in [4.69, 9.17) is 28.4 Å². The van der Waals surface area contributed by atoms with Gasteiger partial charge in [-0.15, -0.1) is 0 Å². The van der Waals surface area contributed by atoms with Crippen LogP contribution in [0.2, 0.25) is 0 Å². The summed E-state index contributed by atoms with van der Waals surface area (Å²) in [5.74, 6) is 1.67. The van der Waals surface area contributed by atoms with Crippen molar-refractivity contribution in [2.75, 3.05) is 13.9 Å². The average molecular weight is 438 g/mol. The van der Waals surface area contributed by atoms with Gasteiger partial charge in [0.15, 0.2) is 11.5 Å². The molecular formula is C24H22O8. The van der Waals surface area contributed by atoms with Gasteiger partial charge in [0, 0.05) is 6.42 Å². The summed E-state index contributed by atoms with van der Waals surface area (Å²) in [5, 5.41) is 0. The molecule has 0 bridgehead atoms. The van der Waals surface area contributed by atoms with Crippen molar-refractivity contribution in [1.82, 2.24) is 0 Å². The second kappa shape index (κ2) is 8.45. The highest BCUT2D eigenvalue weighted by Crippen LogP contribution is 2.36. The Labute approximate surface area is 184 Å². The largest absolute Gasteiger partial charge is 0.497 e. The summed E-state index contributed by atoms with van der Waals surface area (Å²) in [4.78, 5) is 25.5. The van der Waals surface area contributed by atoms with Gasteiger partial charge < -0.3 is 28.4 Å². The van der Waals surface area contributed by atoms with E-state index in [1.807, 2.05) is 0 Å². The van der Waals surface area contributed by atoms with Crippen molar-refractivity contribution in [3.05, 3.63) is 60.0 Å². The highest BCUT2D eigenvalue weighted by molar-refractivity contribution is 5.96. The average Bonchev–Trinajstić information content (AvgIpc) is 3.29. The third kappa shape index (κ3) is 3.95. The van der Waals surface area contributed by atoms with Crippen molar-refractivity contribution >= 4 is 11.8 Å². The normalized spacial score (nSPS) is 23.5. The van der Waals surface area contributed by atoms with E-state index in [-0.39, 0.29) is 36.5 Å². The van der Waals surface area contributed by atoms with E-state index in [2.05, 4.69) is 0 Å². The lowest BCUT2D eigenvalue weighted by Gasteiger charge is -2.36. The van der Waals surface area contributed by atoms with E-state index >= 15 is 0 Å². The topological polar surface area (TPSA) is 89.5 Å². The predicted molar refractivity (Wildman–Crippen MR) is 111 cm³/mol. The van der Waals surface area contributed by atoms with Crippen LogP contribution in [0.3, 0.4) is 0 Å². The van der Waals surface area contributed by atoms with Crippen molar-refractivity contribution < 1.29 is 38.0 Å². The van der Waals surface area contributed by atoms with Crippen molar-refractivity contribution in [3.8, 4) is 23.0 Å². The number of Topliss-reactive ketones (excluding diaryl/α,β-unsaturated/α-hetero) is 1. The molecule has 0 amide bonds. The first kappa shape index (κ1) is 20.2. The summed E-state index contributed by atoms with van der Waals surface area (Å²) in [7, 11) is 1.58. The van der Waals surface area contributed by atoms with Gasteiger partial charge in [-0.1, -0.05) is 0 Å². The SMILES string of the molecule is COc1ccc(OC2=COC3CC(OC(=O)c4ccc5c(c4)OCO5)CCC3C2=O)cc1. The van der Waals surface area contributed by atoms with Gasteiger partial charge >= 0.3 is 5.97 Å². The number of hydrogen-bond acceptors (Lipinski definition) is 8. The number of ether oxygens (including phenoxy) is 6. The van der Waals surface area contributed by atoms with Crippen LogP contribution < -0.4 is 18.9 Å². The van der Waals surface area contributed by atoms with E-state index in [1.165, 1.54) is 6.26 Å². The lowest BCUT2D eigenvalue weighted by molar-refractivity contribution is -0.132. The first-order valence-electron chi connectivity index (χ1n) is 10.4. The Kier molecular flexibility index (Phi) is 5.34. The summed E-state index contributed by atoms with van der Waals surface area (Å²) in [6.45, 7) is 0.141. The van der Waals surface area contributed by atoms with Gasteiger partial charge in [-0.05, 0) is 55.3 Å². The van der Waals surface area contributed by atoms with Crippen LogP contribution in [0.1, 0.15) is 29.6 Å². The molecule has 166 valence electrons. The summed E-state index contributed by atoms with van der Waals surface area (Å²) >= 11 is 0. The molecule has 0 saturated heterocycles. The molecule has 2 heterocycles. The van der Waals surface area contributed by atoms with Gasteiger partial charge in [0.2, 0.25) is 18.3 Å². The maximum atomic E-state index is 12.9. The summed E-state index contributed by atoms with van der Waals surface area (Å²) in [6.07, 6.45) is 2.23. The number of rotatable bonds is 5. The predicted octanol–water partition coefficient (Wildman–Crippen LogP) is 3.64. The highest BCUT2D eigenvalue weighted by atomic mass is 16.7. The van der Waals surface area contributed by atoms with E-state index in [9.17, 15) is 9.59 Å². The minimum Gasteiger partial charge on any atom is -0.497 e. The van der Waals surface area contributed by atoms with Crippen LogP contribution in [-0.2, 0) is 14.3 Å². The molecule has 5 rings (SSSR count). The summed E-state index contributed by atoms with van der Waals surface area (Å²) < 4.78 is 32.9. The molecule has 0 N–H and O–H groups in total. The lowest BCUT2D eigenvalue weighted by Crippen LogP contribution is -2.43. The zero-order valence-electron chi connectivity index (χ0n) is 17.4. The quantitative estimate of drug-likeness (QED) is 0.654. The number of fused-ring (bicyclic) bond motifs is 2. The molecule has 32 heavy (non-hydrogen) atoms. The van der Waals surface area contributed by atoms with Gasteiger partial charge in [-0.25, -0.2) is 4.79 Å². The Morgan fingerprint density at radius 2 is 1.78 bits per heavy atom. The Hall–Kier alpha value is -3.68. The molecule has 8 nitrogen and oxygen atoms in total. The minimum absolute atomic E-state index is 0.0994. The molecule has 0 aromatic heterocycles. The fourth-order valence-electron chi connectivity index (χ4n) is 4.13. The standard InChI is InChI=1S/C24H22O8/c1-27-15-3-5-16(6-4-15)31-22-12-28-20-11-17(7-8-18(20)23(22)25)32-24(26)14-2-9-19-21(10-14)30-13-29-19/h2-6,9-10,12,17-18,20H,7-8,11,13H2,1H3. The van der Waals surface area contributed by atoms with Gasteiger partial charge in [-0.2, -0.15) is 0 Å². The molecule has 1 saturated carbocycles. The maximum Gasteiger partial charge on any atom is 0.338 e. The van der Waals surface area contributed by atoms with Gasteiger partial charge in [-0.3, -0.25) is 4.79 Å². The molecule has 8 heteroatoms. The van der Waals surface area contributed by atoms with Crippen molar-refractivity contribution in [1.29, 1.82) is 0 Å². The van der Waals surface area contributed by atoms with E-state index in [1.54, 1.807) is 49.6 Å². The molecule has 1 aliphatic carbocycles. The van der Waals surface area contributed by atoms with Crippen LogP contribution in [-0.4, -0.2) is 37.9 Å². The molecular weight excluding hydrogens is 416 g/mol. The first-order valence-corrected chi connectivity index (χ1v) is 10.4. The number of hydrogen-bond donors (Lipinski definition) is 0. The fraction of sp³-hybridized carbons (Fsp3) is 0.333. The number of esters is 1. The molecule has 3 aliphatic rings. The van der Waals surface area contributed by atoms with Gasteiger partial charge in [0.25, 0.3) is 0 Å². The Balaban J connectivity index is 1.20. The number of benzene rings is 2. The van der Waals surface area contributed by atoms with Crippen LogP contribution in [0.4, 0.5) is 0 Å². The zero-order valence-corrected chi connectivity index (χ0v) is 17.4. The molecule has 0 spiro atoms. The first-order chi connectivity index (χ1) is 15.6. The number of ketones is 1. The second-order valence-corrected chi connectivity index (χ2v) is 7.81. The third-order valence-electron chi connectivity index (χ3n) is 5.84. The zero-order chi connectivity index (χ0) is 22.1. The summed E-state index contributed by atoms with van der Waals surface area (Å²) in [5.41, 5.74) is 0.395. The van der Waals surface area contributed by atoms with Crippen LogP contribution in [0, 0.1) is 5.92 Å². The van der Waals surface area contributed by atoms with Gasteiger partial charge in [0.1, 0.15) is 30.0 Å². The Bertz CT molecular complexity index is 1060. The molecule has 2 aromatic carbocycles. The summed E-state index contributed by atoms with van der Waals surface area (Å²) in [6, 6.07) is 11.9. The van der Waals surface area contributed by atoms with Crippen LogP contribution in [0.25, 0.3) is 0 Å². The van der Waals surface area contributed by atoms with E-state index in [0.29, 0.717) is 47.8 Å². The molecule has 0 radical (unpaired) electrons. The molecule has 3 atom stereocenters. The van der Waals surface area contributed by atoms with Crippen molar-refractivity contribution in [2.45, 2.75) is 31.5 Å². The monoisotopic (exact) mass is 438 g/mol. The molecule has 2 aromatic rings. The van der Waals surface area contributed by atoms with E-state index < -0.39 is 5.97 Å². The minimum atomic E-state index is -0.437. The van der Waals surface area contributed by atoms with Crippen LogP contribution in [0.15, 0.2) is 54.5 Å². The van der Waals surface area contributed by atoms with Crippen molar-refractivity contribution in [3.63, 3.8) is 0 Å². The number of allylic oxidation sites excluding steroid dienone is 1. The smallest absolute Gasteiger partial charge is 0.338 e. The molecule has 3 unspecified atom stereocenters. The van der Waals surface area contributed by atoms with Crippen molar-refractivity contribution in [2.24, 2.45) is 5.92 Å². The van der Waals surface area contributed by atoms with Gasteiger partial charge in [0.05, 0.1) is 18.6 Å². The molecule has 1 fully saturated rings. The number of carbonyl (C=O) groups is 2. The highest BCUT2D eigenvalue weighted by Gasteiger charge is 2.42. The Morgan fingerprint density at radius 3 is 2.59 bits per heavy atom. The van der Waals surface area contributed by atoms with Crippen LogP contribution in [0.5, 0.6) is 23.0 Å². The van der Waals surface area contributed by atoms with E-state index in [0.717, 1.165) is 0 Å². The molecule has 2 aliphatic heterocycles. The fourth-order valence-corrected chi connectivity index (χ4v) is 4.13.